The highest BCUT2D eigenvalue weighted by molar-refractivity contribution is 6.00. The number of aromatic amines is 1. The summed E-state index contributed by atoms with van der Waals surface area (Å²) < 4.78 is 10.4. The highest BCUT2D eigenvalue weighted by Crippen LogP contribution is 2.22. The molecule has 168 valence electrons. The first-order valence-corrected chi connectivity index (χ1v) is 10.5. The smallest absolute Gasteiger partial charge is 0.268 e. The third-order valence-corrected chi connectivity index (χ3v) is 5.37. The molecule has 0 aliphatic heterocycles. The summed E-state index contributed by atoms with van der Waals surface area (Å²) >= 11 is 0. The van der Waals surface area contributed by atoms with E-state index in [1.807, 2.05) is 72.8 Å². The molecule has 0 aliphatic rings. The molecule has 3 N–H and O–H groups in total. The highest BCUT2D eigenvalue weighted by atomic mass is 16.5. The molecule has 0 radical (unpaired) electrons. The van der Waals surface area contributed by atoms with Crippen LogP contribution in [0.4, 0.5) is 0 Å². The molecule has 4 aromatic rings. The van der Waals surface area contributed by atoms with Crippen LogP contribution in [-0.2, 0) is 11.3 Å². The minimum Gasteiger partial charge on any atom is -0.497 e. The fourth-order valence-electron chi connectivity index (χ4n) is 3.54. The highest BCUT2D eigenvalue weighted by Gasteiger charge is 2.24. The molecular formula is C26H25N3O4. The molecule has 1 aromatic heterocycles. The molecule has 7 heteroatoms. The Morgan fingerprint density at radius 2 is 1.58 bits per heavy atom. The lowest BCUT2D eigenvalue weighted by atomic mass is 10.1. The van der Waals surface area contributed by atoms with Gasteiger partial charge in [-0.2, -0.15) is 0 Å². The van der Waals surface area contributed by atoms with Crippen LogP contribution in [0, 0.1) is 0 Å². The summed E-state index contributed by atoms with van der Waals surface area (Å²) in [7, 11) is 3.19. The molecule has 0 fully saturated rings. The number of ether oxygens (including phenoxy) is 2. The van der Waals surface area contributed by atoms with Gasteiger partial charge in [-0.1, -0.05) is 42.5 Å². The molecule has 0 bridgehead atoms. The quantitative estimate of drug-likeness (QED) is 0.384. The number of H-pyrrole nitrogens is 1. The number of methoxy groups -OCH3 is 2. The minimum absolute atomic E-state index is 0.303. The van der Waals surface area contributed by atoms with Gasteiger partial charge in [0.05, 0.1) is 14.2 Å². The van der Waals surface area contributed by atoms with Crippen LogP contribution >= 0.6 is 0 Å². The van der Waals surface area contributed by atoms with Gasteiger partial charge in [-0.05, 0) is 41.5 Å². The van der Waals surface area contributed by atoms with E-state index in [2.05, 4.69) is 15.6 Å². The van der Waals surface area contributed by atoms with Gasteiger partial charge in [-0.3, -0.25) is 9.59 Å². The van der Waals surface area contributed by atoms with Crippen molar-refractivity contribution >= 4 is 22.7 Å². The summed E-state index contributed by atoms with van der Waals surface area (Å²) in [5, 5.41) is 6.65. The Morgan fingerprint density at radius 1 is 0.879 bits per heavy atom. The lowest BCUT2D eigenvalue weighted by Crippen LogP contribution is -2.40. The molecule has 1 atom stereocenters. The van der Waals surface area contributed by atoms with Gasteiger partial charge in [-0.15, -0.1) is 0 Å². The zero-order valence-corrected chi connectivity index (χ0v) is 18.4. The van der Waals surface area contributed by atoms with Crippen molar-refractivity contribution < 1.29 is 19.1 Å². The van der Waals surface area contributed by atoms with Crippen molar-refractivity contribution in [1.82, 2.24) is 15.6 Å². The fourth-order valence-corrected chi connectivity index (χ4v) is 3.54. The van der Waals surface area contributed by atoms with Gasteiger partial charge in [0.15, 0.2) is 0 Å². The van der Waals surface area contributed by atoms with Gasteiger partial charge >= 0.3 is 0 Å². The van der Waals surface area contributed by atoms with E-state index in [4.69, 9.17) is 9.47 Å². The van der Waals surface area contributed by atoms with Gasteiger partial charge in [-0.25, -0.2) is 0 Å². The lowest BCUT2D eigenvalue weighted by molar-refractivity contribution is -0.123. The number of carbonyl (C=O) groups is 2. The summed E-state index contributed by atoms with van der Waals surface area (Å²) in [5.41, 5.74) is 2.75. The normalized spacial score (nSPS) is 11.6. The van der Waals surface area contributed by atoms with E-state index >= 15 is 0 Å². The van der Waals surface area contributed by atoms with Crippen LogP contribution < -0.4 is 20.1 Å². The van der Waals surface area contributed by atoms with Gasteiger partial charge in [0.1, 0.15) is 23.2 Å². The van der Waals surface area contributed by atoms with Crippen LogP contribution in [0.25, 0.3) is 10.9 Å². The molecule has 7 nitrogen and oxygen atoms in total. The Kier molecular flexibility index (Phi) is 6.59. The fraction of sp³-hybridized carbons (Fsp3) is 0.154. The molecule has 4 rings (SSSR count). The summed E-state index contributed by atoms with van der Waals surface area (Å²) in [6.45, 7) is 0.328. The maximum atomic E-state index is 13.1. The van der Waals surface area contributed by atoms with Crippen molar-refractivity contribution in [2.45, 2.75) is 12.6 Å². The summed E-state index contributed by atoms with van der Waals surface area (Å²) in [6.07, 6.45) is 0. The SMILES string of the molecule is COc1ccc(CNC(=O)[C@@H](NC(=O)c2cc3ccc(OC)cc3[nH]2)c2ccccc2)cc1. The van der Waals surface area contributed by atoms with Crippen molar-refractivity contribution in [3.05, 3.63) is 95.7 Å². The number of hydrogen-bond acceptors (Lipinski definition) is 4. The third kappa shape index (κ3) is 5.15. The van der Waals surface area contributed by atoms with E-state index in [1.54, 1.807) is 20.3 Å². The number of carbonyl (C=O) groups excluding carboxylic acids is 2. The van der Waals surface area contributed by atoms with Crippen LogP contribution in [0.3, 0.4) is 0 Å². The topological polar surface area (TPSA) is 92.5 Å². The van der Waals surface area contributed by atoms with Gasteiger partial charge in [0.2, 0.25) is 5.91 Å². The Morgan fingerprint density at radius 3 is 2.27 bits per heavy atom. The molecule has 3 aromatic carbocycles. The molecule has 0 saturated heterocycles. The van der Waals surface area contributed by atoms with Crippen molar-refractivity contribution in [1.29, 1.82) is 0 Å². The molecular weight excluding hydrogens is 418 g/mol. The van der Waals surface area contributed by atoms with E-state index in [0.717, 1.165) is 22.2 Å². The first kappa shape index (κ1) is 22.0. The molecule has 0 aliphatic carbocycles. The van der Waals surface area contributed by atoms with Crippen LogP contribution in [0.2, 0.25) is 0 Å². The first-order chi connectivity index (χ1) is 16.1. The summed E-state index contributed by atoms with van der Waals surface area (Å²) in [4.78, 5) is 29.2. The first-order valence-electron chi connectivity index (χ1n) is 10.5. The average Bonchev–Trinajstić information content (AvgIpc) is 3.30. The zero-order chi connectivity index (χ0) is 23.2. The Balaban J connectivity index is 1.51. The van der Waals surface area contributed by atoms with Crippen molar-refractivity contribution in [3.8, 4) is 11.5 Å². The van der Waals surface area contributed by atoms with Crippen LogP contribution in [-0.4, -0.2) is 31.0 Å². The monoisotopic (exact) mass is 443 g/mol. The number of rotatable bonds is 8. The third-order valence-electron chi connectivity index (χ3n) is 5.37. The second-order valence-corrected chi connectivity index (χ2v) is 7.52. The molecule has 0 saturated carbocycles. The number of hydrogen-bond donors (Lipinski definition) is 3. The maximum absolute atomic E-state index is 13.1. The zero-order valence-electron chi connectivity index (χ0n) is 18.4. The molecule has 0 unspecified atom stereocenters. The predicted molar refractivity (Wildman–Crippen MR) is 126 cm³/mol. The number of amides is 2. The van der Waals surface area contributed by atoms with E-state index in [-0.39, 0.29) is 11.8 Å². The molecule has 2 amide bonds. The Labute approximate surface area is 191 Å². The number of aromatic nitrogens is 1. The Hall–Kier alpha value is -4.26. The van der Waals surface area contributed by atoms with Gasteiger partial charge in [0.25, 0.3) is 5.91 Å². The van der Waals surface area contributed by atoms with Gasteiger partial charge in [0, 0.05) is 23.5 Å². The molecule has 0 spiro atoms. The average molecular weight is 444 g/mol. The van der Waals surface area contributed by atoms with Crippen molar-refractivity contribution in [3.63, 3.8) is 0 Å². The van der Waals surface area contributed by atoms with Gasteiger partial charge < -0.3 is 25.1 Å². The van der Waals surface area contributed by atoms with Crippen LogP contribution in [0.1, 0.15) is 27.7 Å². The predicted octanol–water partition coefficient (Wildman–Crippen LogP) is 3.97. The second kappa shape index (κ2) is 9.91. The minimum atomic E-state index is -0.849. The van der Waals surface area contributed by atoms with Crippen LogP contribution in [0.5, 0.6) is 11.5 Å². The molecule has 1 heterocycles. The summed E-state index contributed by atoms with van der Waals surface area (Å²) in [5.74, 6) is 0.758. The number of benzene rings is 3. The van der Waals surface area contributed by atoms with Crippen molar-refractivity contribution in [2.75, 3.05) is 14.2 Å². The summed E-state index contributed by atoms with van der Waals surface area (Å²) in [6, 6.07) is 23.0. The van der Waals surface area contributed by atoms with Crippen molar-refractivity contribution in [2.24, 2.45) is 0 Å². The van der Waals surface area contributed by atoms with Crippen LogP contribution in [0.15, 0.2) is 78.9 Å². The Bertz CT molecular complexity index is 1250. The number of nitrogens with one attached hydrogen (secondary N) is 3. The lowest BCUT2D eigenvalue weighted by Gasteiger charge is -2.19. The standard InChI is InChI=1S/C26H25N3O4/c1-32-20-11-8-17(9-12-20)16-27-26(31)24(18-6-4-3-5-7-18)29-25(30)23-14-19-10-13-21(33-2)15-22(19)28-23/h3-15,24,28H,16H2,1-2H3,(H,27,31)(H,29,30)/t24-/m0/s1. The van der Waals surface area contributed by atoms with E-state index in [1.165, 1.54) is 0 Å². The largest absolute Gasteiger partial charge is 0.497 e. The second-order valence-electron chi connectivity index (χ2n) is 7.52. The van der Waals surface area contributed by atoms with E-state index in [9.17, 15) is 9.59 Å². The maximum Gasteiger partial charge on any atom is 0.268 e. The van der Waals surface area contributed by atoms with E-state index in [0.29, 0.717) is 23.6 Å². The number of fused-ring (bicyclic) bond motifs is 1. The van der Waals surface area contributed by atoms with E-state index < -0.39 is 6.04 Å². The molecule has 33 heavy (non-hydrogen) atoms.